The smallest absolute Gasteiger partial charge is 0.319 e. The Morgan fingerprint density at radius 2 is 1.84 bits per heavy atom. The van der Waals surface area contributed by atoms with Crippen LogP contribution in [-0.2, 0) is 0 Å². The fourth-order valence-corrected chi connectivity index (χ4v) is 2.63. The van der Waals surface area contributed by atoms with Crippen LogP contribution in [-0.4, -0.2) is 32.2 Å². The standard InChI is InChI=1S/C14H20BrN3O/c15-12-4-6-13(7-5-12)17-14(19)16-8-11-18-9-2-1-3-10-18/h4-7H,1-3,8-11H2,(H2,16,17,19)/p+1. The quantitative estimate of drug-likeness (QED) is 0.774. The maximum Gasteiger partial charge on any atom is 0.319 e. The van der Waals surface area contributed by atoms with Crippen LogP contribution in [0, 0.1) is 0 Å². The average Bonchev–Trinajstić information content (AvgIpc) is 2.43. The Labute approximate surface area is 122 Å². The van der Waals surface area contributed by atoms with Gasteiger partial charge in [0, 0.05) is 10.2 Å². The second-order valence-corrected chi connectivity index (χ2v) is 5.86. The third kappa shape index (κ3) is 5.20. The lowest BCUT2D eigenvalue weighted by atomic mass is 10.1. The predicted molar refractivity (Wildman–Crippen MR) is 80.6 cm³/mol. The van der Waals surface area contributed by atoms with Crippen LogP contribution in [0.1, 0.15) is 19.3 Å². The van der Waals surface area contributed by atoms with Crippen molar-refractivity contribution < 1.29 is 9.69 Å². The molecule has 104 valence electrons. The summed E-state index contributed by atoms with van der Waals surface area (Å²) in [5.41, 5.74) is 0.811. The number of piperidine rings is 1. The Hall–Kier alpha value is -1.07. The SMILES string of the molecule is O=C(NCC[NH+]1CCCCC1)Nc1ccc(Br)cc1. The van der Waals surface area contributed by atoms with Gasteiger partial charge in [-0.3, -0.25) is 0 Å². The van der Waals surface area contributed by atoms with Gasteiger partial charge in [-0.05, 0) is 43.5 Å². The number of quaternary nitrogens is 1. The van der Waals surface area contributed by atoms with Gasteiger partial charge in [0.1, 0.15) is 0 Å². The van der Waals surface area contributed by atoms with Gasteiger partial charge >= 0.3 is 6.03 Å². The molecule has 5 heteroatoms. The molecule has 0 aromatic heterocycles. The molecular formula is C14H21BrN3O+. The van der Waals surface area contributed by atoms with E-state index in [-0.39, 0.29) is 6.03 Å². The summed E-state index contributed by atoms with van der Waals surface area (Å²) in [7, 11) is 0. The van der Waals surface area contributed by atoms with E-state index < -0.39 is 0 Å². The number of halogens is 1. The molecule has 1 aliphatic heterocycles. The molecule has 1 aliphatic rings. The highest BCUT2D eigenvalue weighted by Crippen LogP contribution is 2.13. The highest BCUT2D eigenvalue weighted by molar-refractivity contribution is 9.10. The first-order chi connectivity index (χ1) is 9.24. The molecule has 1 aromatic rings. The summed E-state index contributed by atoms with van der Waals surface area (Å²) in [6.07, 6.45) is 4.00. The molecule has 1 saturated heterocycles. The zero-order chi connectivity index (χ0) is 13.5. The molecule has 0 bridgehead atoms. The van der Waals surface area contributed by atoms with E-state index in [1.165, 1.54) is 32.4 Å². The Kier molecular flexibility index (Phi) is 5.66. The minimum absolute atomic E-state index is 0.126. The van der Waals surface area contributed by atoms with Gasteiger partial charge in [-0.25, -0.2) is 4.79 Å². The highest BCUT2D eigenvalue weighted by Gasteiger charge is 2.12. The molecule has 1 fully saturated rings. The minimum Gasteiger partial charge on any atom is -0.333 e. The molecule has 2 amide bonds. The first-order valence-corrected chi connectivity index (χ1v) is 7.67. The van der Waals surface area contributed by atoms with E-state index in [4.69, 9.17) is 0 Å². The topological polar surface area (TPSA) is 45.6 Å². The van der Waals surface area contributed by atoms with Crippen molar-refractivity contribution in [2.45, 2.75) is 19.3 Å². The van der Waals surface area contributed by atoms with Gasteiger partial charge in [0.25, 0.3) is 0 Å². The fourth-order valence-electron chi connectivity index (χ4n) is 2.36. The molecule has 0 radical (unpaired) electrons. The van der Waals surface area contributed by atoms with E-state index in [1.807, 2.05) is 24.3 Å². The summed E-state index contributed by atoms with van der Waals surface area (Å²) in [4.78, 5) is 13.3. The molecule has 0 spiro atoms. The normalized spacial score (nSPS) is 16.1. The van der Waals surface area contributed by atoms with Gasteiger partial charge in [0.15, 0.2) is 0 Å². The van der Waals surface area contributed by atoms with Crippen molar-refractivity contribution in [1.82, 2.24) is 5.32 Å². The molecule has 1 heterocycles. The number of carbonyl (C=O) groups is 1. The third-order valence-electron chi connectivity index (χ3n) is 3.43. The van der Waals surface area contributed by atoms with Crippen LogP contribution in [0.5, 0.6) is 0 Å². The van der Waals surface area contributed by atoms with E-state index in [0.717, 1.165) is 23.2 Å². The van der Waals surface area contributed by atoms with Gasteiger partial charge < -0.3 is 15.5 Å². The number of likely N-dealkylation sites (tertiary alicyclic amines) is 1. The summed E-state index contributed by atoms with van der Waals surface area (Å²) in [5, 5.41) is 5.74. The number of nitrogens with one attached hydrogen (secondary N) is 3. The van der Waals surface area contributed by atoms with Crippen LogP contribution in [0.15, 0.2) is 28.7 Å². The molecule has 19 heavy (non-hydrogen) atoms. The van der Waals surface area contributed by atoms with Crippen molar-refractivity contribution in [2.24, 2.45) is 0 Å². The second kappa shape index (κ2) is 7.50. The van der Waals surface area contributed by atoms with Crippen molar-refractivity contribution in [1.29, 1.82) is 0 Å². The number of hydrogen-bond donors (Lipinski definition) is 3. The summed E-state index contributed by atoms with van der Waals surface area (Å²) in [6.45, 7) is 4.25. The summed E-state index contributed by atoms with van der Waals surface area (Å²) >= 11 is 3.37. The zero-order valence-electron chi connectivity index (χ0n) is 11.0. The molecule has 0 unspecified atom stereocenters. The van der Waals surface area contributed by atoms with Crippen LogP contribution in [0.2, 0.25) is 0 Å². The first-order valence-electron chi connectivity index (χ1n) is 6.88. The van der Waals surface area contributed by atoms with E-state index in [2.05, 4.69) is 26.6 Å². The van der Waals surface area contributed by atoms with Crippen LogP contribution in [0.3, 0.4) is 0 Å². The molecular weight excluding hydrogens is 306 g/mol. The van der Waals surface area contributed by atoms with E-state index in [1.54, 1.807) is 4.90 Å². The van der Waals surface area contributed by atoms with Crippen LogP contribution in [0.4, 0.5) is 10.5 Å². The first kappa shape index (κ1) is 14.3. The number of carbonyl (C=O) groups excluding carboxylic acids is 1. The maximum absolute atomic E-state index is 11.7. The monoisotopic (exact) mass is 326 g/mol. The van der Waals surface area contributed by atoms with E-state index in [9.17, 15) is 4.79 Å². The van der Waals surface area contributed by atoms with Gasteiger partial charge in [0.05, 0.1) is 26.2 Å². The lowest BCUT2D eigenvalue weighted by molar-refractivity contribution is -0.903. The maximum atomic E-state index is 11.7. The van der Waals surface area contributed by atoms with E-state index >= 15 is 0 Å². The average molecular weight is 327 g/mol. The van der Waals surface area contributed by atoms with Crippen molar-refractivity contribution in [3.05, 3.63) is 28.7 Å². The lowest BCUT2D eigenvalue weighted by Gasteiger charge is -2.23. The second-order valence-electron chi connectivity index (χ2n) is 4.95. The van der Waals surface area contributed by atoms with Gasteiger partial charge in [-0.15, -0.1) is 0 Å². The van der Waals surface area contributed by atoms with Crippen LogP contribution in [0.25, 0.3) is 0 Å². The van der Waals surface area contributed by atoms with Gasteiger partial charge in [-0.1, -0.05) is 15.9 Å². The van der Waals surface area contributed by atoms with E-state index in [0.29, 0.717) is 0 Å². The Morgan fingerprint density at radius 3 is 2.53 bits per heavy atom. The van der Waals surface area contributed by atoms with Crippen molar-refractivity contribution >= 4 is 27.6 Å². The fraction of sp³-hybridized carbons (Fsp3) is 0.500. The summed E-state index contributed by atoms with van der Waals surface area (Å²) < 4.78 is 1.01. The number of amides is 2. The Balaban J connectivity index is 1.65. The molecule has 1 aromatic carbocycles. The third-order valence-corrected chi connectivity index (χ3v) is 3.96. The van der Waals surface area contributed by atoms with Gasteiger partial charge in [-0.2, -0.15) is 0 Å². The summed E-state index contributed by atoms with van der Waals surface area (Å²) in [6, 6.07) is 7.44. The molecule has 0 aliphatic carbocycles. The van der Waals surface area contributed by atoms with Crippen molar-refractivity contribution in [2.75, 3.05) is 31.5 Å². The lowest BCUT2D eigenvalue weighted by Crippen LogP contribution is -3.13. The van der Waals surface area contributed by atoms with Crippen LogP contribution >= 0.6 is 15.9 Å². The Morgan fingerprint density at radius 1 is 1.16 bits per heavy atom. The number of urea groups is 1. The number of benzene rings is 1. The number of hydrogen-bond acceptors (Lipinski definition) is 1. The molecule has 3 N–H and O–H groups in total. The molecule has 0 atom stereocenters. The van der Waals surface area contributed by atoms with Gasteiger partial charge in [0.2, 0.25) is 0 Å². The van der Waals surface area contributed by atoms with Crippen LogP contribution < -0.4 is 15.5 Å². The Bertz CT molecular complexity index is 402. The molecule has 2 rings (SSSR count). The number of rotatable bonds is 4. The number of anilines is 1. The molecule has 4 nitrogen and oxygen atoms in total. The zero-order valence-corrected chi connectivity index (χ0v) is 12.6. The molecule has 0 saturated carbocycles. The summed E-state index contributed by atoms with van der Waals surface area (Å²) in [5.74, 6) is 0. The minimum atomic E-state index is -0.126. The predicted octanol–water partition coefficient (Wildman–Crippen LogP) is 1.64. The van der Waals surface area contributed by atoms with Crippen molar-refractivity contribution in [3.8, 4) is 0 Å². The highest BCUT2D eigenvalue weighted by atomic mass is 79.9. The largest absolute Gasteiger partial charge is 0.333 e. The van der Waals surface area contributed by atoms with Crippen molar-refractivity contribution in [3.63, 3.8) is 0 Å².